The van der Waals surface area contributed by atoms with Gasteiger partial charge in [-0.25, -0.2) is 4.39 Å². The molecule has 27 heavy (non-hydrogen) atoms. The fourth-order valence-electron chi connectivity index (χ4n) is 4.05. The molecule has 0 radical (unpaired) electrons. The molecule has 150 valence electrons. The van der Waals surface area contributed by atoms with E-state index in [4.69, 9.17) is 4.74 Å². The zero-order chi connectivity index (χ0) is 19.1. The number of benzene rings is 1. The average molecular weight is 378 g/mol. The maximum atomic E-state index is 13.8. The molecule has 2 atom stereocenters. The van der Waals surface area contributed by atoms with Crippen molar-refractivity contribution in [3.8, 4) is 0 Å². The number of carbonyl (C=O) groups excluding carboxylic acids is 1. The van der Waals surface area contributed by atoms with Crippen LogP contribution in [0.1, 0.15) is 44.2 Å². The van der Waals surface area contributed by atoms with Crippen LogP contribution in [0.3, 0.4) is 0 Å². The molecule has 2 aliphatic rings. The molecule has 0 aliphatic carbocycles. The van der Waals surface area contributed by atoms with Crippen molar-refractivity contribution in [3.05, 3.63) is 35.6 Å². The number of ether oxygens (including phenoxy) is 1. The second-order valence-corrected chi connectivity index (χ2v) is 7.59. The summed E-state index contributed by atoms with van der Waals surface area (Å²) < 4.78 is 19.2. The van der Waals surface area contributed by atoms with Gasteiger partial charge in [0.25, 0.3) is 0 Å². The van der Waals surface area contributed by atoms with Crippen molar-refractivity contribution in [2.45, 2.75) is 44.7 Å². The first-order valence-electron chi connectivity index (χ1n) is 10.2. The molecule has 0 saturated carbocycles. The zero-order valence-corrected chi connectivity index (χ0v) is 16.3. The molecular formula is C21H32FN3O2. The van der Waals surface area contributed by atoms with Crippen LogP contribution in [0.4, 0.5) is 4.39 Å². The van der Waals surface area contributed by atoms with Crippen LogP contribution in [0.15, 0.2) is 24.3 Å². The van der Waals surface area contributed by atoms with Gasteiger partial charge >= 0.3 is 0 Å². The maximum absolute atomic E-state index is 13.8. The molecule has 6 heteroatoms. The van der Waals surface area contributed by atoms with E-state index in [1.165, 1.54) is 18.9 Å². The Morgan fingerprint density at radius 1 is 1.11 bits per heavy atom. The van der Waals surface area contributed by atoms with Crippen LogP contribution in [-0.4, -0.2) is 67.7 Å². The van der Waals surface area contributed by atoms with Gasteiger partial charge in [-0.05, 0) is 50.6 Å². The second kappa shape index (κ2) is 10.2. The van der Waals surface area contributed by atoms with Crippen molar-refractivity contribution in [1.29, 1.82) is 0 Å². The number of hydrogen-bond donors (Lipinski definition) is 1. The molecule has 1 aromatic rings. The summed E-state index contributed by atoms with van der Waals surface area (Å²) in [6.07, 6.45) is 4.83. The Labute approximate surface area is 161 Å². The Morgan fingerprint density at radius 3 is 2.48 bits per heavy atom. The van der Waals surface area contributed by atoms with Crippen molar-refractivity contribution >= 4 is 5.91 Å². The molecule has 2 saturated heterocycles. The second-order valence-electron chi connectivity index (χ2n) is 7.59. The van der Waals surface area contributed by atoms with Crippen molar-refractivity contribution < 1.29 is 13.9 Å². The van der Waals surface area contributed by atoms with Gasteiger partial charge in [0.2, 0.25) is 5.91 Å². The van der Waals surface area contributed by atoms with Gasteiger partial charge in [-0.3, -0.25) is 14.6 Å². The highest BCUT2D eigenvalue weighted by Crippen LogP contribution is 2.22. The van der Waals surface area contributed by atoms with Gasteiger partial charge in [0.15, 0.2) is 0 Å². The fourth-order valence-corrected chi connectivity index (χ4v) is 4.05. The number of amides is 1. The molecule has 3 rings (SSSR count). The Bertz CT molecular complexity index is 599. The minimum absolute atomic E-state index is 0.0371. The summed E-state index contributed by atoms with van der Waals surface area (Å²) in [4.78, 5) is 17.3. The molecule has 0 aromatic heterocycles. The Kier molecular flexibility index (Phi) is 7.61. The first-order valence-corrected chi connectivity index (χ1v) is 10.2. The molecule has 1 amide bonds. The van der Waals surface area contributed by atoms with E-state index < -0.39 is 0 Å². The third kappa shape index (κ3) is 5.74. The Balaban J connectivity index is 1.63. The highest BCUT2D eigenvalue weighted by Gasteiger charge is 2.26. The summed E-state index contributed by atoms with van der Waals surface area (Å²) in [5.74, 6) is -0.179. The van der Waals surface area contributed by atoms with E-state index in [1.807, 2.05) is 13.0 Å². The third-order valence-electron chi connectivity index (χ3n) is 5.76. The molecule has 5 nitrogen and oxygen atoms in total. The Morgan fingerprint density at radius 2 is 1.81 bits per heavy atom. The molecular weight excluding hydrogens is 345 g/mol. The lowest BCUT2D eigenvalue weighted by Gasteiger charge is -2.35. The van der Waals surface area contributed by atoms with Crippen LogP contribution >= 0.6 is 0 Å². The van der Waals surface area contributed by atoms with E-state index in [2.05, 4.69) is 15.1 Å². The molecule has 0 bridgehead atoms. The number of likely N-dealkylation sites (tertiary alicyclic amines) is 1. The molecule has 2 heterocycles. The van der Waals surface area contributed by atoms with E-state index in [0.29, 0.717) is 19.8 Å². The zero-order valence-electron chi connectivity index (χ0n) is 16.3. The Hall–Kier alpha value is -1.50. The van der Waals surface area contributed by atoms with E-state index in [1.54, 1.807) is 12.1 Å². The third-order valence-corrected chi connectivity index (χ3v) is 5.76. The SMILES string of the molecule is CC(C(=O)NCC(c1cccc(F)c1)N1CCOCC1)N1CCCCCC1. The quantitative estimate of drug-likeness (QED) is 0.828. The summed E-state index contributed by atoms with van der Waals surface area (Å²) in [5, 5.41) is 3.13. The lowest BCUT2D eigenvalue weighted by Crippen LogP contribution is -2.49. The molecule has 1 N–H and O–H groups in total. The number of rotatable bonds is 6. The highest BCUT2D eigenvalue weighted by molar-refractivity contribution is 5.81. The smallest absolute Gasteiger partial charge is 0.237 e. The molecule has 2 fully saturated rings. The molecule has 0 spiro atoms. The first kappa shape index (κ1) is 20.2. The largest absolute Gasteiger partial charge is 0.379 e. The van der Waals surface area contributed by atoms with Gasteiger partial charge in [0.05, 0.1) is 25.3 Å². The van der Waals surface area contributed by atoms with E-state index in [0.717, 1.165) is 44.6 Å². The van der Waals surface area contributed by atoms with Crippen molar-refractivity contribution in [3.63, 3.8) is 0 Å². The lowest BCUT2D eigenvalue weighted by molar-refractivity contribution is -0.126. The minimum Gasteiger partial charge on any atom is -0.379 e. The summed E-state index contributed by atoms with van der Waals surface area (Å²) >= 11 is 0. The topological polar surface area (TPSA) is 44.8 Å². The summed E-state index contributed by atoms with van der Waals surface area (Å²) in [5.41, 5.74) is 0.902. The van der Waals surface area contributed by atoms with Gasteiger partial charge < -0.3 is 10.1 Å². The normalized spacial score (nSPS) is 22.0. The van der Waals surface area contributed by atoms with E-state index >= 15 is 0 Å². The van der Waals surface area contributed by atoms with Crippen LogP contribution in [0.25, 0.3) is 0 Å². The van der Waals surface area contributed by atoms with Gasteiger partial charge in [-0.15, -0.1) is 0 Å². The monoisotopic (exact) mass is 377 g/mol. The number of nitrogens with one attached hydrogen (secondary N) is 1. The summed E-state index contributed by atoms with van der Waals surface area (Å²) in [7, 11) is 0. The number of carbonyl (C=O) groups is 1. The number of nitrogens with zero attached hydrogens (tertiary/aromatic N) is 2. The fraction of sp³-hybridized carbons (Fsp3) is 0.667. The molecule has 2 unspecified atom stereocenters. The van der Waals surface area contributed by atoms with E-state index in [-0.39, 0.29) is 23.8 Å². The summed E-state index contributed by atoms with van der Waals surface area (Å²) in [6, 6.07) is 6.54. The van der Waals surface area contributed by atoms with Crippen LogP contribution < -0.4 is 5.32 Å². The van der Waals surface area contributed by atoms with Crippen molar-refractivity contribution in [1.82, 2.24) is 15.1 Å². The number of halogens is 1. The lowest BCUT2D eigenvalue weighted by atomic mass is 10.0. The van der Waals surface area contributed by atoms with Crippen LogP contribution in [0.2, 0.25) is 0 Å². The van der Waals surface area contributed by atoms with Gasteiger partial charge in [0, 0.05) is 19.6 Å². The molecule has 1 aromatic carbocycles. The first-order chi connectivity index (χ1) is 13.1. The predicted octanol–water partition coefficient (Wildman–Crippen LogP) is 2.58. The average Bonchev–Trinajstić information content (AvgIpc) is 2.98. The van der Waals surface area contributed by atoms with Crippen LogP contribution in [0.5, 0.6) is 0 Å². The number of hydrogen-bond acceptors (Lipinski definition) is 4. The molecule has 2 aliphatic heterocycles. The minimum atomic E-state index is -0.241. The van der Waals surface area contributed by atoms with Gasteiger partial charge in [-0.1, -0.05) is 25.0 Å². The van der Waals surface area contributed by atoms with Gasteiger partial charge in [0.1, 0.15) is 5.82 Å². The number of morpholine rings is 1. The predicted molar refractivity (Wildman–Crippen MR) is 104 cm³/mol. The van der Waals surface area contributed by atoms with Crippen molar-refractivity contribution in [2.75, 3.05) is 45.9 Å². The summed E-state index contributed by atoms with van der Waals surface area (Å²) in [6.45, 7) is 7.38. The van der Waals surface area contributed by atoms with Crippen LogP contribution in [-0.2, 0) is 9.53 Å². The van der Waals surface area contributed by atoms with Crippen molar-refractivity contribution in [2.24, 2.45) is 0 Å². The maximum Gasteiger partial charge on any atom is 0.237 e. The van der Waals surface area contributed by atoms with E-state index in [9.17, 15) is 9.18 Å². The van der Waals surface area contributed by atoms with Crippen LogP contribution in [0, 0.1) is 5.82 Å². The standard InChI is InChI=1S/C21H32FN3O2/c1-17(24-9-4-2-3-5-10-24)21(26)23-16-20(25-11-13-27-14-12-25)18-7-6-8-19(22)15-18/h6-8,15,17,20H,2-5,9-14,16H2,1H3,(H,23,26). The highest BCUT2D eigenvalue weighted by atomic mass is 19.1. The van der Waals surface area contributed by atoms with Gasteiger partial charge in [-0.2, -0.15) is 0 Å².